The zero-order valence-corrected chi connectivity index (χ0v) is 23.2. The Balaban J connectivity index is 1.39. The van der Waals surface area contributed by atoms with Gasteiger partial charge in [0.05, 0.1) is 12.0 Å². The summed E-state index contributed by atoms with van der Waals surface area (Å²) in [7, 11) is 0. The summed E-state index contributed by atoms with van der Waals surface area (Å²) in [5.74, 6) is -2.02. The van der Waals surface area contributed by atoms with Gasteiger partial charge in [0.15, 0.2) is 0 Å². The van der Waals surface area contributed by atoms with Gasteiger partial charge in [-0.05, 0) is 75.8 Å². The summed E-state index contributed by atoms with van der Waals surface area (Å²) in [4.78, 5) is 28.2. The molecule has 1 saturated heterocycles. The molecule has 206 valence electrons. The number of halogens is 3. The van der Waals surface area contributed by atoms with Crippen molar-refractivity contribution in [2.24, 2.45) is 11.8 Å². The number of hydrogen-bond donors (Lipinski definition) is 2. The van der Waals surface area contributed by atoms with Crippen molar-refractivity contribution in [2.45, 2.75) is 70.4 Å². The lowest BCUT2D eigenvalue weighted by atomic mass is 9.84. The Bertz CT molecular complexity index is 1130. The zero-order valence-electron chi connectivity index (χ0n) is 22.4. The molecule has 1 heterocycles. The lowest BCUT2D eigenvalue weighted by Crippen LogP contribution is -2.41. The third-order valence-corrected chi connectivity index (χ3v) is 8.25. The maximum Gasteiger partial charge on any atom is 0.225 e. The van der Waals surface area contributed by atoms with E-state index in [-0.39, 0.29) is 35.2 Å². The van der Waals surface area contributed by atoms with Crippen molar-refractivity contribution in [3.8, 4) is 0 Å². The van der Waals surface area contributed by atoms with E-state index in [0.717, 1.165) is 30.9 Å². The fourth-order valence-corrected chi connectivity index (χ4v) is 5.49. The highest BCUT2D eigenvalue weighted by Crippen LogP contribution is 2.37. The molecule has 2 fully saturated rings. The molecular weight excluding hydrogens is 508 g/mol. The van der Waals surface area contributed by atoms with Gasteiger partial charge in [-0.15, -0.1) is 0 Å². The van der Waals surface area contributed by atoms with E-state index < -0.39 is 17.6 Å². The number of nitrogens with zero attached hydrogens (tertiary/aromatic N) is 1. The van der Waals surface area contributed by atoms with Crippen LogP contribution in [0.1, 0.15) is 76.0 Å². The van der Waals surface area contributed by atoms with Crippen molar-refractivity contribution < 1.29 is 18.4 Å². The van der Waals surface area contributed by atoms with Crippen molar-refractivity contribution in [3.63, 3.8) is 0 Å². The quantitative estimate of drug-likeness (QED) is 0.381. The second kappa shape index (κ2) is 12.1. The molecule has 0 bridgehead atoms. The van der Waals surface area contributed by atoms with Crippen LogP contribution in [-0.2, 0) is 9.59 Å². The molecular formula is C30H38ClF2N3O2. The molecule has 0 radical (unpaired) electrons. The number of nitrogens with one attached hydrogen (secondary N) is 2. The first-order chi connectivity index (χ1) is 18.0. The van der Waals surface area contributed by atoms with E-state index in [9.17, 15) is 18.4 Å². The van der Waals surface area contributed by atoms with Gasteiger partial charge in [-0.25, -0.2) is 8.78 Å². The molecule has 2 N–H and O–H groups in total. The maximum atomic E-state index is 14.7. The summed E-state index contributed by atoms with van der Waals surface area (Å²) in [5, 5.41) is 6.87. The normalized spacial score (nSPS) is 21.1. The van der Waals surface area contributed by atoms with E-state index in [1.807, 2.05) is 24.3 Å². The smallest absolute Gasteiger partial charge is 0.225 e. The van der Waals surface area contributed by atoms with Crippen molar-refractivity contribution >= 4 is 23.4 Å². The van der Waals surface area contributed by atoms with Gasteiger partial charge in [0.1, 0.15) is 11.6 Å². The van der Waals surface area contributed by atoms with Crippen molar-refractivity contribution in [3.05, 3.63) is 70.2 Å². The molecule has 2 aliphatic rings. The van der Waals surface area contributed by atoms with Crippen LogP contribution in [0.25, 0.3) is 0 Å². The topological polar surface area (TPSA) is 61.4 Å². The molecule has 2 aromatic carbocycles. The summed E-state index contributed by atoms with van der Waals surface area (Å²) < 4.78 is 28.3. The van der Waals surface area contributed by atoms with Crippen LogP contribution in [0.15, 0.2) is 42.5 Å². The molecule has 4 rings (SSSR count). The Kier molecular flexibility index (Phi) is 9.09. The summed E-state index contributed by atoms with van der Waals surface area (Å²) in [5.41, 5.74) is 1.17. The first-order valence-corrected chi connectivity index (χ1v) is 13.9. The molecule has 3 atom stereocenters. The molecule has 0 aromatic heterocycles. The Morgan fingerprint density at radius 3 is 2.37 bits per heavy atom. The van der Waals surface area contributed by atoms with E-state index in [2.05, 4.69) is 36.3 Å². The summed E-state index contributed by atoms with van der Waals surface area (Å²) in [6.45, 7) is 7.67. The molecule has 0 spiro atoms. The number of amides is 2. The third-order valence-electron chi connectivity index (χ3n) is 8.00. The van der Waals surface area contributed by atoms with Crippen LogP contribution in [0.4, 0.5) is 8.78 Å². The molecule has 8 heteroatoms. The van der Waals surface area contributed by atoms with Crippen molar-refractivity contribution in [1.82, 2.24) is 15.5 Å². The van der Waals surface area contributed by atoms with Crippen LogP contribution in [0.2, 0.25) is 5.02 Å². The fourth-order valence-electron chi connectivity index (χ4n) is 5.36. The van der Waals surface area contributed by atoms with Crippen LogP contribution in [0.3, 0.4) is 0 Å². The van der Waals surface area contributed by atoms with Crippen LogP contribution in [0.5, 0.6) is 0 Å². The van der Waals surface area contributed by atoms with Gasteiger partial charge in [0.25, 0.3) is 0 Å². The maximum absolute atomic E-state index is 14.7. The second-order valence-electron chi connectivity index (χ2n) is 11.6. The van der Waals surface area contributed by atoms with Gasteiger partial charge >= 0.3 is 0 Å². The predicted octanol–water partition coefficient (Wildman–Crippen LogP) is 5.99. The van der Waals surface area contributed by atoms with Gasteiger partial charge in [0.2, 0.25) is 11.8 Å². The molecule has 1 aliphatic carbocycles. The van der Waals surface area contributed by atoms with Crippen molar-refractivity contribution in [1.29, 1.82) is 0 Å². The molecule has 38 heavy (non-hydrogen) atoms. The first kappa shape index (κ1) is 28.5. The SMILES string of the molecule is CC(C)(C)N1C[C@@H](C(=O)NCCC[C@H](NC(=O)C2CCC2)c2ccc(Cl)cc2)[C@H](c2ccc(F)cc2F)C1. The number of rotatable bonds is 9. The number of carbonyl (C=O) groups is 2. The van der Waals surface area contributed by atoms with Crippen LogP contribution in [0, 0.1) is 23.5 Å². The van der Waals surface area contributed by atoms with E-state index in [0.29, 0.717) is 43.1 Å². The lowest BCUT2D eigenvalue weighted by Gasteiger charge is -2.31. The summed E-state index contributed by atoms with van der Waals surface area (Å²) >= 11 is 6.06. The number of likely N-dealkylation sites (tertiary alicyclic amines) is 1. The molecule has 5 nitrogen and oxygen atoms in total. The fraction of sp³-hybridized carbons (Fsp3) is 0.533. The Labute approximate surface area is 229 Å². The Morgan fingerprint density at radius 2 is 1.76 bits per heavy atom. The molecule has 2 amide bonds. The largest absolute Gasteiger partial charge is 0.356 e. The number of carbonyl (C=O) groups excluding carboxylic acids is 2. The monoisotopic (exact) mass is 545 g/mol. The Morgan fingerprint density at radius 1 is 1.05 bits per heavy atom. The minimum Gasteiger partial charge on any atom is -0.356 e. The van der Waals surface area contributed by atoms with Crippen LogP contribution >= 0.6 is 11.6 Å². The van der Waals surface area contributed by atoms with Gasteiger partial charge in [0, 0.05) is 48.1 Å². The van der Waals surface area contributed by atoms with Crippen LogP contribution < -0.4 is 10.6 Å². The van der Waals surface area contributed by atoms with Crippen LogP contribution in [-0.4, -0.2) is 41.9 Å². The van der Waals surface area contributed by atoms with E-state index in [1.54, 1.807) is 0 Å². The molecule has 1 saturated carbocycles. The average Bonchev–Trinajstić information content (AvgIpc) is 3.26. The van der Waals surface area contributed by atoms with E-state index in [4.69, 9.17) is 11.6 Å². The molecule has 1 aliphatic heterocycles. The van der Waals surface area contributed by atoms with Gasteiger partial charge in [-0.2, -0.15) is 0 Å². The van der Waals surface area contributed by atoms with Gasteiger partial charge in [-0.1, -0.05) is 36.2 Å². The second-order valence-corrected chi connectivity index (χ2v) is 12.1. The first-order valence-electron chi connectivity index (χ1n) is 13.6. The lowest BCUT2D eigenvalue weighted by molar-refractivity contribution is -0.128. The zero-order chi connectivity index (χ0) is 27.4. The minimum absolute atomic E-state index is 0.0811. The highest BCUT2D eigenvalue weighted by molar-refractivity contribution is 6.30. The number of hydrogen-bond acceptors (Lipinski definition) is 3. The number of benzene rings is 2. The standard InChI is InChI=1S/C30H38ClF2N3O2/c1-30(2,3)36-17-24(23-14-13-22(32)16-26(23)33)25(18-36)29(38)34-15-5-8-27(19-9-11-21(31)12-10-19)35-28(37)20-6-4-7-20/h9-14,16,20,24-25,27H,4-8,15,17-18H2,1-3H3,(H,34,38)(H,35,37)/t24-,25+,27-/m0/s1. The van der Waals surface area contributed by atoms with E-state index >= 15 is 0 Å². The predicted molar refractivity (Wildman–Crippen MR) is 146 cm³/mol. The average molecular weight is 546 g/mol. The molecule has 0 unspecified atom stereocenters. The summed E-state index contributed by atoms with van der Waals surface area (Å²) in [6.07, 6.45) is 4.27. The Hall–Kier alpha value is -2.51. The van der Waals surface area contributed by atoms with E-state index in [1.165, 1.54) is 12.1 Å². The highest BCUT2D eigenvalue weighted by atomic mass is 35.5. The third kappa shape index (κ3) is 6.92. The summed E-state index contributed by atoms with van der Waals surface area (Å²) in [6, 6.07) is 10.9. The highest BCUT2D eigenvalue weighted by Gasteiger charge is 2.42. The van der Waals surface area contributed by atoms with Gasteiger partial charge in [-0.3, -0.25) is 14.5 Å². The molecule has 2 aromatic rings. The minimum atomic E-state index is -0.627. The van der Waals surface area contributed by atoms with Gasteiger partial charge < -0.3 is 10.6 Å². The van der Waals surface area contributed by atoms with Crippen molar-refractivity contribution in [2.75, 3.05) is 19.6 Å².